The molecule has 4 heteroatoms. The van der Waals surface area contributed by atoms with E-state index in [2.05, 4.69) is 60.7 Å². The number of aromatic nitrogens is 1. The number of benzene rings is 2. The molecule has 0 aliphatic heterocycles. The van der Waals surface area contributed by atoms with Gasteiger partial charge in [0.2, 0.25) is 0 Å². The molecule has 0 aliphatic rings. The zero-order valence-electron chi connectivity index (χ0n) is 15.5. The predicted molar refractivity (Wildman–Crippen MR) is 105 cm³/mol. The van der Waals surface area contributed by atoms with Crippen LogP contribution in [0.5, 0.6) is 0 Å². The predicted octanol–water partition coefficient (Wildman–Crippen LogP) is 4.94. The van der Waals surface area contributed by atoms with Crippen molar-refractivity contribution in [2.45, 2.75) is 20.8 Å². The highest BCUT2D eigenvalue weighted by Crippen LogP contribution is 2.21. The average molecular weight is 346 g/mol. The van der Waals surface area contributed by atoms with Crippen LogP contribution in [0.1, 0.15) is 32.9 Å². The van der Waals surface area contributed by atoms with Crippen LogP contribution in [0.15, 0.2) is 59.6 Å². The number of aryl methyl sites for hydroxylation is 2. The summed E-state index contributed by atoms with van der Waals surface area (Å²) in [5.74, 6) is -0.361. The lowest BCUT2D eigenvalue weighted by atomic mass is 10.2. The Balaban J connectivity index is 1.92. The van der Waals surface area contributed by atoms with Gasteiger partial charge in [-0.25, -0.2) is 4.79 Å². The van der Waals surface area contributed by atoms with E-state index in [-0.39, 0.29) is 5.97 Å². The number of carbonyl (C=O) groups excluding carboxylic acids is 1. The highest BCUT2D eigenvalue weighted by atomic mass is 16.5. The van der Waals surface area contributed by atoms with Gasteiger partial charge in [0, 0.05) is 28.9 Å². The summed E-state index contributed by atoms with van der Waals surface area (Å²) in [5.41, 5.74) is 6.91. The molecule has 0 spiro atoms. The topological polar surface area (TPSA) is 43.6 Å². The second-order valence-corrected chi connectivity index (χ2v) is 6.30. The van der Waals surface area contributed by atoms with E-state index in [1.54, 1.807) is 18.2 Å². The number of methoxy groups -OCH3 is 1. The van der Waals surface area contributed by atoms with Crippen LogP contribution in [0.3, 0.4) is 0 Å². The molecule has 4 nitrogen and oxygen atoms in total. The van der Waals surface area contributed by atoms with E-state index >= 15 is 0 Å². The highest BCUT2D eigenvalue weighted by Gasteiger charge is 2.09. The molecule has 0 fully saturated rings. The molecule has 0 saturated carbocycles. The average Bonchev–Trinajstić information content (AvgIpc) is 2.94. The zero-order chi connectivity index (χ0) is 18.7. The van der Waals surface area contributed by atoms with Gasteiger partial charge in [-0.1, -0.05) is 23.8 Å². The Hall–Kier alpha value is -3.14. The molecule has 0 bridgehead atoms. The molecule has 132 valence electrons. The number of carbonyl (C=O) groups is 1. The van der Waals surface area contributed by atoms with Crippen molar-refractivity contribution < 1.29 is 9.53 Å². The van der Waals surface area contributed by atoms with E-state index < -0.39 is 0 Å². The SMILES string of the molecule is COC(=O)c1cccc(N=Cc2cc(C)n(-c3ccc(C)cc3)c2C)c1. The van der Waals surface area contributed by atoms with Crippen LogP contribution in [-0.2, 0) is 4.74 Å². The molecule has 0 amide bonds. The van der Waals surface area contributed by atoms with E-state index in [1.807, 2.05) is 12.3 Å². The van der Waals surface area contributed by atoms with Gasteiger partial charge in [0.25, 0.3) is 0 Å². The van der Waals surface area contributed by atoms with Crippen molar-refractivity contribution >= 4 is 17.9 Å². The standard InChI is InChI=1S/C22H22N2O2/c1-15-8-10-21(11-9-15)24-16(2)12-19(17(24)3)14-23-20-7-5-6-18(13-20)22(25)26-4/h5-14H,1-4H3. The maximum atomic E-state index is 11.6. The lowest BCUT2D eigenvalue weighted by Crippen LogP contribution is -2.00. The summed E-state index contributed by atoms with van der Waals surface area (Å²) in [7, 11) is 1.37. The fraction of sp³-hybridized carbons (Fsp3) is 0.182. The Morgan fingerprint density at radius 2 is 1.77 bits per heavy atom. The Kier molecular flexibility index (Phi) is 5.03. The smallest absolute Gasteiger partial charge is 0.337 e. The number of esters is 1. The summed E-state index contributed by atoms with van der Waals surface area (Å²) < 4.78 is 6.97. The first-order chi connectivity index (χ1) is 12.5. The van der Waals surface area contributed by atoms with Gasteiger partial charge >= 0.3 is 5.97 Å². The first-order valence-electron chi connectivity index (χ1n) is 8.48. The van der Waals surface area contributed by atoms with Gasteiger partial charge in [-0.2, -0.15) is 0 Å². The van der Waals surface area contributed by atoms with Gasteiger partial charge in [0.15, 0.2) is 0 Å². The van der Waals surface area contributed by atoms with Crippen LogP contribution < -0.4 is 0 Å². The van der Waals surface area contributed by atoms with E-state index in [1.165, 1.54) is 12.7 Å². The fourth-order valence-electron chi connectivity index (χ4n) is 2.98. The number of nitrogens with zero attached hydrogens (tertiary/aromatic N) is 2. The van der Waals surface area contributed by atoms with Crippen LogP contribution >= 0.6 is 0 Å². The Morgan fingerprint density at radius 1 is 1.04 bits per heavy atom. The third kappa shape index (κ3) is 3.59. The van der Waals surface area contributed by atoms with Gasteiger partial charge in [-0.15, -0.1) is 0 Å². The molecule has 1 aromatic heterocycles. The summed E-state index contributed by atoms with van der Waals surface area (Å²) in [6.45, 7) is 6.25. The molecule has 2 aromatic carbocycles. The largest absolute Gasteiger partial charge is 0.465 e. The maximum Gasteiger partial charge on any atom is 0.337 e. The second-order valence-electron chi connectivity index (χ2n) is 6.30. The molecule has 3 aromatic rings. The van der Waals surface area contributed by atoms with Gasteiger partial charge in [-0.05, 0) is 57.2 Å². The molecule has 1 heterocycles. The van der Waals surface area contributed by atoms with Crippen molar-refractivity contribution in [1.82, 2.24) is 4.57 Å². The number of hydrogen-bond acceptors (Lipinski definition) is 3. The van der Waals surface area contributed by atoms with E-state index in [9.17, 15) is 4.79 Å². The molecule has 0 aliphatic carbocycles. The number of hydrogen-bond donors (Lipinski definition) is 0. The van der Waals surface area contributed by atoms with Crippen molar-refractivity contribution in [2.24, 2.45) is 4.99 Å². The molecule has 3 rings (SSSR count). The first kappa shape index (κ1) is 17.7. The van der Waals surface area contributed by atoms with Crippen molar-refractivity contribution in [1.29, 1.82) is 0 Å². The lowest BCUT2D eigenvalue weighted by molar-refractivity contribution is 0.0601. The van der Waals surface area contributed by atoms with Crippen LogP contribution in [-0.4, -0.2) is 23.9 Å². The maximum absolute atomic E-state index is 11.6. The van der Waals surface area contributed by atoms with Crippen molar-refractivity contribution in [3.63, 3.8) is 0 Å². The van der Waals surface area contributed by atoms with Crippen molar-refractivity contribution in [3.8, 4) is 5.69 Å². The summed E-state index contributed by atoms with van der Waals surface area (Å²) in [5, 5.41) is 0. The third-order valence-electron chi connectivity index (χ3n) is 4.38. The summed E-state index contributed by atoms with van der Waals surface area (Å²) in [6.07, 6.45) is 1.84. The Labute approximate surface area is 153 Å². The highest BCUT2D eigenvalue weighted by molar-refractivity contribution is 5.91. The molecule has 0 N–H and O–H groups in total. The third-order valence-corrected chi connectivity index (χ3v) is 4.38. The molecule has 0 radical (unpaired) electrons. The molecule has 0 atom stereocenters. The molecular formula is C22H22N2O2. The summed E-state index contributed by atoms with van der Waals surface area (Å²) >= 11 is 0. The molecular weight excluding hydrogens is 324 g/mol. The van der Waals surface area contributed by atoms with Gasteiger partial charge < -0.3 is 9.30 Å². The van der Waals surface area contributed by atoms with Gasteiger partial charge in [0.05, 0.1) is 18.4 Å². The minimum Gasteiger partial charge on any atom is -0.465 e. The van der Waals surface area contributed by atoms with Crippen molar-refractivity contribution in [2.75, 3.05) is 7.11 Å². The van der Waals surface area contributed by atoms with Crippen LogP contribution in [0.4, 0.5) is 5.69 Å². The van der Waals surface area contributed by atoms with Crippen LogP contribution in [0.2, 0.25) is 0 Å². The number of rotatable bonds is 4. The quantitative estimate of drug-likeness (QED) is 0.496. The normalized spacial score (nSPS) is 11.1. The Bertz CT molecular complexity index is 966. The monoisotopic (exact) mass is 346 g/mol. The van der Waals surface area contributed by atoms with E-state index in [4.69, 9.17) is 4.74 Å². The number of aliphatic imine (C=N–C) groups is 1. The molecule has 0 unspecified atom stereocenters. The fourth-order valence-corrected chi connectivity index (χ4v) is 2.98. The summed E-state index contributed by atoms with van der Waals surface area (Å²) in [6, 6.07) is 17.7. The Morgan fingerprint density at radius 3 is 2.46 bits per heavy atom. The van der Waals surface area contributed by atoms with Crippen molar-refractivity contribution in [3.05, 3.63) is 82.7 Å². The van der Waals surface area contributed by atoms with Crippen LogP contribution in [0.25, 0.3) is 5.69 Å². The zero-order valence-corrected chi connectivity index (χ0v) is 15.5. The van der Waals surface area contributed by atoms with Gasteiger partial charge in [0.1, 0.15) is 0 Å². The van der Waals surface area contributed by atoms with Gasteiger partial charge in [-0.3, -0.25) is 4.99 Å². The minimum absolute atomic E-state index is 0.361. The van der Waals surface area contributed by atoms with E-state index in [0.29, 0.717) is 11.3 Å². The first-order valence-corrected chi connectivity index (χ1v) is 8.48. The number of ether oxygens (including phenoxy) is 1. The van der Waals surface area contributed by atoms with Crippen LogP contribution in [0, 0.1) is 20.8 Å². The second kappa shape index (κ2) is 7.40. The molecule has 0 saturated heterocycles. The molecule has 26 heavy (non-hydrogen) atoms. The van der Waals surface area contributed by atoms with E-state index in [0.717, 1.165) is 22.6 Å². The lowest BCUT2D eigenvalue weighted by Gasteiger charge is -2.09. The summed E-state index contributed by atoms with van der Waals surface area (Å²) in [4.78, 5) is 16.2. The minimum atomic E-state index is -0.361.